The van der Waals surface area contributed by atoms with Gasteiger partial charge in [0.1, 0.15) is 17.1 Å². The molecular weight excluding hydrogens is 603 g/mol. The second-order valence-corrected chi connectivity index (χ2v) is 13.7. The smallest absolute Gasteiger partial charge is 0.407 e. The van der Waals surface area contributed by atoms with Gasteiger partial charge in [0.25, 0.3) is 0 Å². The number of halogens is 2. The van der Waals surface area contributed by atoms with E-state index >= 15 is 4.39 Å². The van der Waals surface area contributed by atoms with Gasteiger partial charge in [0, 0.05) is 41.4 Å². The molecule has 3 aromatic rings. The molecule has 3 atom stereocenters. The fourth-order valence-electron chi connectivity index (χ4n) is 4.76. The lowest BCUT2D eigenvalue weighted by molar-refractivity contribution is 0.0488. The molecular formula is C29H37ClFN4O5S2+. The van der Waals surface area contributed by atoms with Crippen molar-refractivity contribution in [3.05, 3.63) is 58.3 Å². The van der Waals surface area contributed by atoms with Crippen LogP contribution in [0, 0.1) is 5.82 Å². The van der Waals surface area contributed by atoms with Gasteiger partial charge in [-0.2, -0.15) is 4.31 Å². The zero-order valence-electron chi connectivity index (χ0n) is 24.3. The van der Waals surface area contributed by atoms with E-state index in [1.165, 1.54) is 34.9 Å². The first-order chi connectivity index (χ1) is 20.0. The summed E-state index contributed by atoms with van der Waals surface area (Å²) in [6.45, 7) is 5.57. The number of carbonyl (C=O) groups is 1. The maximum Gasteiger partial charge on any atom is 0.407 e. The highest BCUT2D eigenvalue weighted by Crippen LogP contribution is 2.35. The number of anilines is 2. The number of aromatic nitrogens is 1. The van der Waals surface area contributed by atoms with Gasteiger partial charge in [-0.15, -0.1) is 11.3 Å². The van der Waals surface area contributed by atoms with Crippen LogP contribution in [-0.2, 0) is 26.5 Å². The molecule has 1 fully saturated rings. The molecule has 0 bridgehead atoms. The average molecular weight is 640 g/mol. The molecule has 1 aliphatic carbocycles. The summed E-state index contributed by atoms with van der Waals surface area (Å²) >= 11 is 7.93. The van der Waals surface area contributed by atoms with Crippen LogP contribution in [0.15, 0.2) is 46.8 Å². The van der Waals surface area contributed by atoms with E-state index in [9.17, 15) is 9.00 Å². The number of hydrogen-bond acceptors (Lipinski definition) is 8. The molecule has 1 amide bonds. The highest BCUT2D eigenvalue weighted by molar-refractivity contribution is 7.86. The Morgan fingerprint density at radius 2 is 1.90 bits per heavy atom. The third-order valence-electron chi connectivity index (χ3n) is 6.73. The normalized spacial score (nSPS) is 17.7. The minimum Gasteiger partial charge on any atom is -0.497 e. The van der Waals surface area contributed by atoms with Gasteiger partial charge >= 0.3 is 6.09 Å². The van der Waals surface area contributed by atoms with Crippen molar-refractivity contribution in [2.75, 3.05) is 23.8 Å². The van der Waals surface area contributed by atoms with Gasteiger partial charge in [-0.1, -0.05) is 28.7 Å². The number of carbonyl (C=O) groups excluding carboxylic acids is 1. The van der Waals surface area contributed by atoms with Crippen molar-refractivity contribution in [2.45, 2.75) is 75.6 Å². The summed E-state index contributed by atoms with van der Waals surface area (Å²) < 4.78 is 47.4. The number of nitrogens with one attached hydrogen (secondary N) is 2. The van der Waals surface area contributed by atoms with Crippen LogP contribution in [0.4, 0.5) is 20.0 Å². The van der Waals surface area contributed by atoms with E-state index in [1.807, 2.05) is 6.07 Å². The van der Waals surface area contributed by atoms with Crippen LogP contribution in [0.2, 0.25) is 5.02 Å². The number of thiol groups is 1. The van der Waals surface area contributed by atoms with Crippen LogP contribution in [0.5, 0.6) is 11.5 Å². The minimum absolute atomic E-state index is 0.0460. The number of hydrogen-bond donors (Lipinski definition) is 2. The zero-order valence-corrected chi connectivity index (χ0v) is 26.7. The third-order valence-corrected chi connectivity index (χ3v) is 9.49. The van der Waals surface area contributed by atoms with Gasteiger partial charge in [-0.05, 0) is 45.7 Å². The van der Waals surface area contributed by atoms with Crippen LogP contribution in [-0.4, -0.2) is 43.0 Å². The number of alkyl carbamates (subject to hydrolysis) is 1. The molecule has 42 heavy (non-hydrogen) atoms. The maximum atomic E-state index is 15.7. The average Bonchev–Trinajstić information content (AvgIpc) is 3.48. The molecule has 0 saturated heterocycles. The largest absolute Gasteiger partial charge is 0.497 e. The van der Waals surface area contributed by atoms with Crippen molar-refractivity contribution >= 4 is 50.8 Å². The topological polar surface area (TPSA) is 102 Å². The van der Waals surface area contributed by atoms with Crippen molar-refractivity contribution in [1.29, 1.82) is 0 Å². The molecule has 2 aromatic carbocycles. The Morgan fingerprint density at radius 1 is 1.17 bits per heavy atom. The van der Waals surface area contributed by atoms with Gasteiger partial charge in [0.05, 0.1) is 37.5 Å². The molecule has 0 spiro atoms. The lowest BCUT2D eigenvalue weighted by atomic mass is 9.90. The number of nitrogens with zero attached hydrogens (tertiary/aromatic N) is 2. The van der Waals surface area contributed by atoms with E-state index in [1.54, 1.807) is 51.6 Å². The maximum absolute atomic E-state index is 15.7. The monoisotopic (exact) mass is 639 g/mol. The van der Waals surface area contributed by atoms with Crippen LogP contribution >= 0.6 is 22.9 Å². The molecule has 9 nitrogen and oxygen atoms in total. The third kappa shape index (κ3) is 8.05. The number of thiazole rings is 1. The summed E-state index contributed by atoms with van der Waals surface area (Å²) in [5.41, 5.74) is 0.468. The van der Waals surface area contributed by atoms with E-state index in [0.29, 0.717) is 22.3 Å². The van der Waals surface area contributed by atoms with Crippen molar-refractivity contribution < 1.29 is 27.6 Å². The molecule has 1 unspecified atom stereocenters. The highest BCUT2D eigenvalue weighted by atomic mass is 35.5. The molecule has 4 rings (SSSR count). The molecule has 1 aromatic heterocycles. The van der Waals surface area contributed by atoms with Crippen LogP contribution < -0.4 is 24.4 Å². The predicted molar refractivity (Wildman–Crippen MR) is 166 cm³/mol. The lowest BCUT2D eigenvalue weighted by Gasteiger charge is -2.34. The molecule has 1 aliphatic rings. The minimum atomic E-state index is -2.46. The number of rotatable bonds is 10. The second kappa shape index (κ2) is 13.9. The van der Waals surface area contributed by atoms with Crippen molar-refractivity contribution in [2.24, 2.45) is 0 Å². The first-order valence-corrected chi connectivity index (χ1v) is 16.1. The van der Waals surface area contributed by atoms with E-state index in [0.717, 1.165) is 31.2 Å². The number of amides is 1. The first-order valence-electron chi connectivity index (χ1n) is 13.6. The quantitative estimate of drug-likeness (QED) is 0.184. The number of methoxy groups -OCH3 is 2. The van der Waals surface area contributed by atoms with Crippen LogP contribution in [0.25, 0.3) is 0 Å². The van der Waals surface area contributed by atoms with Crippen molar-refractivity contribution in [1.82, 2.24) is 10.3 Å². The number of benzene rings is 2. The van der Waals surface area contributed by atoms with E-state index < -0.39 is 28.5 Å². The Labute approximate surface area is 257 Å². The molecule has 1 heterocycles. The summed E-state index contributed by atoms with van der Waals surface area (Å²) in [5.74, 6) is 0.487. The Kier molecular flexibility index (Phi) is 10.6. The van der Waals surface area contributed by atoms with Gasteiger partial charge in [0.15, 0.2) is 5.82 Å². The summed E-state index contributed by atoms with van der Waals surface area (Å²) in [4.78, 5) is 16.7. The SMILES string of the molecule is COc1ccc(CN(c2nccs2)[SH+](=O)c2cc(Cl)c(N[C@H]3CCCC[C@@H]3NC(=O)OC(C)(C)C)cc2F)c(OC)c1. The van der Waals surface area contributed by atoms with Crippen molar-refractivity contribution in [3.63, 3.8) is 0 Å². The Morgan fingerprint density at radius 3 is 2.55 bits per heavy atom. The summed E-state index contributed by atoms with van der Waals surface area (Å²) in [6.07, 6.45) is 4.51. The van der Waals surface area contributed by atoms with Crippen LogP contribution in [0.3, 0.4) is 0 Å². The molecule has 13 heteroatoms. The second-order valence-electron chi connectivity index (χ2n) is 10.9. The van der Waals surface area contributed by atoms with Gasteiger partial charge in [0.2, 0.25) is 21.0 Å². The van der Waals surface area contributed by atoms with Crippen LogP contribution in [0.1, 0.15) is 52.0 Å². The van der Waals surface area contributed by atoms with E-state index in [4.69, 9.17) is 25.8 Å². The summed E-state index contributed by atoms with van der Waals surface area (Å²) in [6, 6.07) is 7.57. The molecule has 2 N–H and O–H groups in total. The number of ether oxygens (including phenoxy) is 3. The van der Waals surface area contributed by atoms with Gasteiger partial charge in [-0.25, -0.2) is 14.2 Å². The standard InChI is InChI=1S/C29H36ClFN4O5S2/c1-29(2,3)40-28(36)34-23-9-7-6-8-22(23)33-24-16-21(31)26(15-20(24)30)42(37)35(27-32-12-13-41-27)17-18-10-11-19(38-4)14-25(18)39-5/h10-16,22-23,33H,6-9,17H2,1-5H3,(H,34,36)/p+1/t22-,23-,42?/m0/s1. The van der Waals surface area contributed by atoms with E-state index in [-0.39, 0.29) is 28.5 Å². The van der Waals surface area contributed by atoms with Crippen molar-refractivity contribution in [3.8, 4) is 11.5 Å². The molecule has 1 saturated carbocycles. The molecule has 0 radical (unpaired) electrons. The summed E-state index contributed by atoms with van der Waals surface area (Å²) in [7, 11) is 0.637. The van der Waals surface area contributed by atoms with E-state index in [2.05, 4.69) is 15.6 Å². The summed E-state index contributed by atoms with van der Waals surface area (Å²) in [5, 5.41) is 8.70. The van der Waals surface area contributed by atoms with Gasteiger partial charge in [-0.3, -0.25) is 0 Å². The Hall–Kier alpha value is -3.09. The van der Waals surface area contributed by atoms with Gasteiger partial charge < -0.3 is 24.8 Å². The molecule has 0 aliphatic heterocycles. The Balaban J connectivity index is 1.57. The highest BCUT2D eigenvalue weighted by Gasteiger charge is 2.32. The fraction of sp³-hybridized carbons (Fsp3) is 0.448. The lowest BCUT2D eigenvalue weighted by Crippen LogP contribution is -2.49. The predicted octanol–water partition coefficient (Wildman–Crippen LogP) is 6.88. The Bertz CT molecular complexity index is 1400. The zero-order chi connectivity index (χ0) is 30.4. The first kappa shape index (κ1) is 31.8. The molecule has 228 valence electrons. The fourth-order valence-corrected chi connectivity index (χ4v) is 7.20.